The lowest BCUT2D eigenvalue weighted by molar-refractivity contribution is -0.131. The molecule has 3 atom stereocenters. The molecule has 0 radical (unpaired) electrons. The van der Waals surface area contributed by atoms with Crippen molar-refractivity contribution in [1.29, 1.82) is 0 Å². The van der Waals surface area contributed by atoms with E-state index in [2.05, 4.69) is 48.7 Å². The van der Waals surface area contributed by atoms with E-state index in [1.807, 2.05) is 13.0 Å². The zero-order valence-electron chi connectivity index (χ0n) is 31.6. The van der Waals surface area contributed by atoms with Crippen molar-refractivity contribution < 1.29 is 20.1 Å². The van der Waals surface area contributed by atoms with Crippen LogP contribution in [0.2, 0.25) is 0 Å². The second kappa shape index (κ2) is 38.1. The molecule has 4 N–H and O–H groups in total. The van der Waals surface area contributed by atoms with Crippen molar-refractivity contribution >= 4 is 5.91 Å². The molecule has 0 aliphatic rings. The smallest absolute Gasteiger partial charge is 0.249 e. The Hall–Kier alpha value is -1.69. The monoisotopic (exact) mass is 674 g/mol. The molecule has 0 aromatic carbocycles. The highest BCUT2D eigenvalue weighted by Crippen LogP contribution is 2.14. The Labute approximate surface area is 297 Å². The van der Waals surface area contributed by atoms with Gasteiger partial charge in [-0.1, -0.05) is 178 Å². The van der Waals surface area contributed by atoms with E-state index in [0.717, 1.165) is 44.9 Å². The quantitative estimate of drug-likeness (QED) is 0.0393. The highest BCUT2D eigenvalue weighted by atomic mass is 16.3. The van der Waals surface area contributed by atoms with Crippen LogP contribution in [0.1, 0.15) is 194 Å². The standard InChI is InChI=1S/C43H79NO4/c1-3-5-7-9-11-13-14-15-16-17-18-19-20-21-22-23-24-25-26-27-28-30-32-34-36-38-42(47)43(48)44-40(39-45)41(46)37-35-33-31-29-12-10-8-6-4-2/h4,6,12,21-22,29,35,37,40-42,45-47H,3,5,7-11,13-20,23-28,30-34,36,38-39H2,1-2H3,(H,44,48)/b6-4+,22-21-,29-12+,37-35+. The maximum Gasteiger partial charge on any atom is 0.249 e. The van der Waals surface area contributed by atoms with Crippen LogP contribution in [0.5, 0.6) is 0 Å². The summed E-state index contributed by atoms with van der Waals surface area (Å²) in [6.07, 6.45) is 48.9. The van der Waals surface area contributed by atoms with Gasteiger partial charge in [0.05, 0.1) is 18.8 Å². The fraction of sp³-hybridized carbons (Fsp3) is 0.791. The van der Waals surface area contributed by atoms with E-state index >= 15 is 0 Å². The number of unbranched alkanes of at least 4 members (excludes halogenated alkanes) is 23. The summed E-state index contributed by atoms with van der Waals surface area (Å²) < 4.78 is 0. The molecule has 0 aromatic rings. The van der Waals surface area contributed by atoms with Crippen LogP contribution >= 0.6 is 0 Å². The molecule has 3 unspecified atom stereocenters. The summed E-state index contributed by atoms with van der Waals surface area (Å²) in [7, 11) is 0. The molecule has 280 valence electrons. The second-order valence-electron chi connectivity index (χ2n) is 13.8. The fourth-order valence-electron chi connectivity index (χ4n) is 5.98. The van der Waals surface area contributed by atoms with Gasteiger partial charge in [-0.15, -0.1) is 0 Å². The summed E-state index contributed by atoms with van der Waals surface area (Å²) in [6, 6.07) is -0.820. The number of amides is 1. The molecule has 0 rings (SSSR count). The number of carbonyl (C=O) groups excluding carboxylic acids is 1. The lowest BCUT2D eigenvalue weighted by atomic mass is 10.0. The van der Waals surface area contributed by atoms with Crippen LogP contribution in [0.15, 0.2) is 48.6 Å². The number of allylic oxidation sites excluding steroid dienone is 7. The van der Waals surface area contributed by atoms with Crippen molar-refractivity contribution in [1.82, 2.24) is 5.32 Å². The summed E-state index contributed by atoms with van der Waals surface area (Å²) in [6.45, 7) is 3.92. The van der Waals surface area contributed by atoms with Gasteiger partial charge in [0, 0.05) is 0 Å². The average molecular weight is 674 g/mol. The lowest BCUT2D eigenvalue weighted by Crippen LogP contribution is -2.48. The molecule has 0 saturated carbocycles. The highest BCUT2D eigenvalue weighted by molar-refractivity contribution is 5.80. The van der Waals surface area contributed by atoms with Crippen LogP contribution in [-0.4, -0.2) is 46.1 Å². The molecular formula is C43H79NO4. The number of aliphatic hydroxyl groups excluding tert-OH is 3. The number of hydrogen-bond acceptors (Lipinski definition) is 4. The number of hydrogen-bond donors (Lipinski definition) is 4. The zero-order valence-corrected chi connectivity index (χ0v) is 31.6. The van der Waals surface area contributed by atoms with Gasteiger partial charge in [0.1, 0.15) is 6.10 Å². The van der Waals surface area contributed by atoms with E-state index in [-0.39, 0.29) is 6.61 Å². The maximum absolute atomic E-state index is 12.4. The maximum atomic E-state index is 12.4. The van der Waals surface area contributed by atoms with E-state index in [1.165, 1.54) is 128 Å². The molecule has 5 nitrogen and oxygen atoms in total. The van der Waals surface area contributed by atoms with Crippen LogP contribution in [0.4, 0.5) is 0 Å². The first-order valence-electron chi connectivity index (χ1n) is 20.4. The van der Waals surface area contributed by atoms with Gasteiger partial charge in [0.15, 0.2) is 0 Å². The first kappa shape index (κ1) is 46.3. The van der Waals surface area contributed by atoms with Gasteiger partial charge in [0.25, 0.3) is 0 Å². The second-order valence-corrected chi connectivity index (χ2v) is 13.8. The van der Waals surface area contributed by atoms with E-state index in [9.17, 15) is 20.1 Å². The summed E-state index contributed by atoms with van der Waals surface area (Å²) in [5.41, 5.74) is 0. The molecule has 0 spiro atoms. The number of carbonyl (C=O) groups is 1. The first-order chi connectivity index (χ1) is 23.6. The van der Waals surface area contributed by atoms with Gasteiger partial charge in [-0.25, -0.2) is 0 Å². The topological polar surface area (TPSA) is 89.8 Å². The third-order valence-electron chi connectivity index (χ3n) is 9.21. The van der Waals surface area contributed by atoms with E-state index in [4.69, 9.17) is 0 Å². The van der Waals surface area contributed by atoms with Gasteiger partial charge < -0.3 is 20.6 Å². The molecule has 0 heterocycles. The Kier molecular flexibility index (Phi) is 36.8. The van der Waals surface area contributed by atoms with E-state index < -0.39 is 24.2 Å². The normalized spacial score (nSPS) is 14.2. The lowest BCUT2D eigenvalue weighted by Gasteiger charge is -2.21. The average Bonchev–Trinajstić information content (AvgIpc) is 3.09. The van der Waals surface area contributed by atoms with E-state index in [0.29, 0.717) is 6.42 Å². The number of nitrogens with one attached hydrogen (secondary N) is 1. The summed E-state index contributed by atoms with van der Waals surface area (Å²) in [5, 5.41) is 32.8. The SMILES string of the molecule is C/C=C/CC/C=C/CC/C=C/C(O)C(CO)NC(=O)C(O)CCCCCCCCCCC/C=C\CCCCCCCCCCCCCC. The molecule has 0 saturated heterocycles. The zero-order chi connectivity index (χ0) is 35.2. The van der Waals surface area contributed by atoms with Crippen LogP contribution < -0.4 is 5.32 Å². The Balaban J connectivity index is 3.61. The van der Waals surface area contributed by atoms with Gasteiger partial charge in [0.2, 0.25) is 5.91 Å². The largest absolute Gasteiger partial charge is 0.394 e. The summed E-state index contributed by atoms with van der Waals surface area (Å²) in [5.74, 6) is -0.523. The molecule has 0 aliphatic carbocycles. The van der Waals surface area contributed by atoms with Crippen molar-refractivity contribution in [2.45, 2.75) is 212 Å². The molecular weight excluding hydrogens is 594 g/mol. The Morgan fingerprint density at radius 3 is 1.40 bits per heavy atom. The van der Waals surface area contributed by atoms with E-state index in [1.54, 1.807) is 6.08 Å². The summed E-state index contributed by atoms with van der Waals surface area (Å²) >= 11 is 0. The van der Waals surface area contributed by atoms with Gasteiger partial charge in [-0.2, -0.15) is 0 Å². The first-order valence-corrected chi connectivity index (χ1v) is 20.4. The van der Waals surface area contributed by atoms with Gasteiger partial charge >= 0.3 is 0 Å². The van der Waals surface area contributed by atoms with Crippen LogP contribution in [-0.2, 0) is 4.79 Å². The predicted octanol–water partition coefficient (Wildman–Crippen LogP) is 11.4. The predicted molar refractivity (Wildman–Crippen MR) is 208 cm³/mol. The Morgan fingerprint density at radius 2 is 0.938 bits per heavy atom. The molecule has 0 aliphatic heterocycles. The molecule has 0 bridgehead atoms. The minimum absolute atomic E-state index is 0.384. The minimum Gasteiger partial charge on any atom is -0.394 e. The van der Waals surface area contributed by atoms with Crippen molar-refractivity contribution in [3.05, 3.63) is 48.6 Å². The Morgan fingerprint density at radius 1 is 0.542 bits per heavy atom. The summed E-state index contributed by atoms with van der Waals surface area (Å²) in [4.78, 5) is 12.4. The van der Waals surface area contributed by atoms with Gasteiger partial charge in [-0.3, -0.25) is 4.79 Å². The van der Waals surface area contributed by atoms with Crippen LogP contribution in [0, 0.1) is 0 Å². The molecule has 48 heavy (non-hydrogen) atoms. The van der Waals surface area contributed by atoms with Crippen molar-refractivity contribution in [3.8, 4) is 0 Å². The van der Waals surface area contributed by atoms with Crippen LogP contribution in [0.25, 0.3) is 0 Å². The highest BCUT2D eigenvalue weighted by Gasteiger charge is 2.22. The molecule has 0 aromatic heterocycles. The third kappa shape index (κ3) is 32.8. The van der Waals surface area contributed by atoms with Crippen molar-refractivity contribution in [2.75, 3.05) is 6.61 Å². The van der Waals surface area contributed by atoms with Crippen LogP contribution in [0.3, 0.4) is 0 Å². The fourth-order valence-corrected chi connectivity index (χ4v) is 5.98. The Bertz CT molecular complexity index is 790. The van der Waals surface area contributed by atoms with Crippen molar-refractivity contribution in [3.63, 3.8) is 0 Å². The minimum atomic E-state index is -1.11. The number of aliphatic hydroxyl groups is 3. The molecule has 5 heteroatoms. The molecule has 0 fully saturated rings. The van der Waals surface area contributed by atoms with Crippen molar-refractivity contribution in [2.24, 2.45) is 0 Å². The molecule has 1 amide bonds. The van der Waals surface area contributed by atoms with Gasteiger partial charge in [-0.05, 0) is 64.7 Å². The third-order valence-corrected chi connectivity index (χ3v) is 9.21. The number of rotatable bonds is 36.